The summed E-state index contributed by atoms with van der Waals surface area (Å²) < 4.78 is 0. The van der Waals surface area contributed by atoms with Crippen LogP contribution in [0.15, 0.2) is 24.3 Å². The first-order valence-electron chi connectivity index (χ1n) is 7.30. The Labute approximate surface area is 124 Å². The third-order valence-corrected chi connectivity index (χ3v) is 5.41. The van der Waals surface area contributed by atoms with Gasteiger partial charge < -0.3 is 10.0 Å². The molecule has 3 nitrogen and oxygen atoms in total. The van der Waals surface area contributed by atoms with E-state index in [0.29, 0.717) is 10.6 Å². The van der Waals surface area contributed by atoms with Gasteiger partial charge in [-0.2, -0.15) is 0 Å². The zero-order valence-corrected chi connectivity index (χ0v) is 12.4. The van der Waals surface area contributed by atoms with E-state index in [0.717, 1.165) is 25.7 Å². The molecule has 20 heavy (non-hydrogen) atoms. The number of aliphatic hydroxyl groups is 1. The standard InChI is InChI=1S/C16H20ClNO2/c1-2-16(10-19)9-13-6-7-14(16)18(13)15(20)11-4-3-5-12(17)8-11/h3-5,8,13-14,19H,2,6-7,9-10H2,1H3/t13-,14+,16-/m1/s1. The number of aliphatic hydroxyl groups excluding tert-OH is 1. The SMILES string of the molecule is CC[C@]1(CO)C[C@H]2CC[C@@H]1N2C(=O)c1cccc(Cl)c1. The lowest BCUT2D eigenvalue weighted by Crippen LogP contribution is -2.42. The molecule has 0 aliphatic carbocycles. The van der Waals surface area contributed by atoms with Crippen LogP contribution >= 0.6 is 11.6 Å². The maximum absolute atomic E-state index is 12.8. The highest BCUT2D eigenvalue weighted by Gasteiger charge is 2.56. The predicted octanol–water partition coefficient (Wildman–Crippen LogP) is 3.11. The summed E-state index contributed by atoms with van der Waals surface area (Å²) >= 11 is 5.98. The van der Waals surface area contributed by atoms with Gasteiger partial charge in [0, 0.05) is 28.1 Å². The molecular formula is C16H20ClNO2. The Balaban J connectivity index is 1.90. The van der Waals surface area contributed by atoms with Crippen LogP contribution in [0.5, 0.6) is 0 Å². The maximum atomic E-state index is 12.8. The molecule has 2 heterocycles. The Morgan fingerprint density at radius 3 is 2.90 bits per heavy atom. The first kappa shape index (κ1) is 13.9. The van der Waals surface area contributed by atoms with E-state index >= 15 is 0 Å². The molecule has 1 N–H and O–H groups in total. The Morgan fingerprint density at radius 2 is 2.30 bits per heavy atom. The second kappa shape index (κ2) is 5.05. The molecule has 1 aromatic rings. The Hall–Kier alpha value is -1.06. The van der Waals surface area contributed by atoms with Crippen LogP contribution in [0.4, 0.5) is 0 Å². The number of benzene rings is 1. The van der Waals surface area contributed by atoms with Crippen LogP contribution in [0, 0.1) is 5.41 Å². The summed E-state index contributed by atoms with van der Waals surface area (Å²) in [5, 5.41) is 10.4. The number of hydrogen-bond donors (Lipinski definition) is 1. The lowest BCUT2D eigenvalue weighted by molar-refractivity contribution is 0.0557. The van der Waals surface area contributed by atoms with Crippen molar-refractivity contribution in [1.29, 1.82) is 0 Å². The summed E-state index contributed by atoms with van der Waals surface area (Å²) in [5.41, 5.74) is 0.552. The summed E-state index contributed by atoms with van der Waals surface area (Å²) in [5.74, 6) is 0.0591. The zero-order valence-electron chi connectivity index (χ0n) is 11.7. The highest BCUT2D eigenvalue weighted by Crippen LogP contribution is 2.51. The van der Waals surface area contributed by atoms with Crippen LogP contribution in [0.3, 0.4) is 0 Å². The number of halogens is 1. The summed E-state index contributed by atoms with van der Waals surface area (Å²) in [6.45, 7) is 2.28. The van der Waals surface area contributed by atoms with Crippen molar-refractivity contribution in [3.8, 4) is 0 Å². The van der Waals surface area contributed by atoms with Gasteiger partial charge in [-0.1, -0.05) is 24.6 Å². The van der Waals surface area contributed by atoms with Gasteiger partial charge in [-0.05, 0) is 43.9 Å². The Morgan fingerprint density at radius 1 is 1.50 bits per heavy atom. The van der Waals surface area contributed by atoms with Crippen LogP contribution < -0.4 is 0 Å². The normalized spacial score (nSPS) is 31.9. The monoisotopic (exact) mass is 293 g/mol. The van der Waals surface area contributed by atoms with Gasteiger partial charge in [0.05, 0.1) is 6.61 Å². The molecule has 108 valence electrons. The van der Waals surface area contributed by atoms with Crippen molar-refractivity contribution in [1.82, 2.24) is 4.90 Å². The number of carbonyl (C=O) groups excluding carboxylic acids is 1. The van der Waals surface area contributed by atoms with Crippen molar-refractivity contribution in [3.05, 3.63) is 34.9 Å². The molecule has 2 fully saturated rings. The number of fused-ring (bicyclic) bond motifs is 2. The van der Waals surface area contributed by atoms with Gasteiger partial charge in [0.2, 0.25) is 0 Å². The van der Waals surface area contributed by atoms with E-state index in [-0.39, 0.29) is 30.0 Å². The van der Waals surface area contributed by atoms with E-state index in [1.165, 1.54) is 0 Å². The van der Waals surface area contributed by atoms with Crippen molar-refractivity contribution in [3.63, 3.8) is 0 Å². The predicted molar refractivity (Wildman–Crippen MR) is 78.9 cm³/mol. The molecule has 3 rings (SSSR count). The van der Waals surface area contributed by atoms with Crippen molar-refractivity contribution < 1.29 is 9.90 Å². The van der Waals surface area contributed by atoms with Crippen molar-refractivity contribution in [2.45, 2.75) is 44.7 Å². The minimum absolute atomic E-state index is 0.0591. The van der Waals surface area contributed by atoms with E-state index in [9.17, 15) is 9.90 Å². The lowest BCUT2D eigenvalue weighted by atomic mass is 9.72. The lowest BCUT2D eigenvalue weighted by Gasteiger charge is -2.34. The highest BCUT2D eigenvalue weighted by atomic mass is 35.5. The quantitative estimate of drug-likeness (QED) is 0.930. The van der Waals surface area contributed by atoms with Crippen LogP contribution in [-0.2, 0) is 0 Å². The molecule has 2 bridgehead atoms. The van der Waals surface area contributed by atoms with E-state index in [4.69, 9.17) is 11.6 Å². The molecule has 0 spiro atoms. The number of amides is 1. The van der Waals surface area contributed by atoms with E-state index < -0.39 is 0 Å². The summed E-state index contributed by atoms with van der Waals surface area (Å²) in [6.07, 6.45) is 3.91. The number of hydrogen-bond acceptors (Lipinski definition) is 2. The second-order valence-corrected chi connectivity index (χ2v) is 6.48. The third-order valence-electron chi connectivity index (χ3n) is 5.18. The number of rotatable bonds is 3. The minimum Gasteiger partial charge on any atom is -0.396 e. The largest absolute Gasteiger partial charge is 0.396 e. The zero-order chi connectivity index (χ0) is 14.3. The van der Waals surface area contributed by atoms with Crippen molar-refractivity contribution in [2.75, 3.05) is 6.61 Å². The number of carbonyl (C=O) groups is 1. The van der Waals surface area contributed by atoms with Crippen molar-refractivity contribution in [2.24, 2.45) is 5.41 Å². The molecular weight excluding hydrogens is 274 g/mol. The molecule has 2 aliphatic rings. The molecule has 0 radical (unpaired) electrons. The second-order valence-electron chi connectivity index (χ2n) is 6.05. The average Bonchev–Trinajstić information content (AvgIpc) is 3.02. The van der Waals surface area contributed by atoms with Gasteiger partial charge >= 0.3 is 0 Å². The maximum Gasteiger partial charge on any atom is 0.254 e. The van der Waals surface area contributed by atoms with Crippen LogP contribution in [0.1, 0.15) is 43.0 Å². The first-order valence-corrected chi connectivity index (χ1v) is 7.68. The smallest absolute Gasteiger partial charge is 0.254 e. The molecule has 1 aromatic carbocycles. The summed E-state index contributed by atoms with van der Waals surface area (Å²) in [7, 11) is 0. The molecule has 2 aliphatic heterocycles. The fraction of sp³-hybridized carbons (Fsp3) is 0.562. The Bertz CT molecular complexity index is 527. The topological polar surface area (TPSA) is 40.5 Å². The van der Waals surface area contributed by atoms with E-state index in [1.54, 1.807) is 12.1 Å². The van der Waals surface area contributed by atoms with Crippen molar-refractivity contribution >= 4 is 17.5 Å². The molecule has 4 heteroatoms. The van der Waals surface area contributed by atoms with E-state index in [1.807, 2.05) is 17.0 Å². The van der Waals surface area contributed by atoms with Gasteiger partial charge in [0.1, 0.15) is 0 Å². The fourth-order valence-corrected chi connectivity index (χ4v) is 4.22. The molecule has 0 saturated carbocycles. The van der Waals surface area contributed by atoms with Crippen LogP contribution in [-0.4, -0.2) is 34.6 Å². The van der Waals surface area contributed by atoms with Gasteiger partial charge in [-0.3, -0.25) is 4.79 Å². The third kappa shape index (κ3) is 1.95. The minimum atomic E-state index is -0.100. The van der Waals surface area contributed by atoms with E-state index in [2.05, 4.69) is 6.92 Å². The fourth-order valence-electron chi connectivity index (χ4n) is 4.03. The first-order chi connectivity index (χ1) is 9.61. The molecule has 3 atom stereocenters. The Kier molecular flexibility index (Phi) is 3.51. The molecule has 2 saturated heterocycles. The van der Waals surface area contributed by atoms with Gasteiger partial charge in [-0.25, -0.2) is 0 Å². The molecule has 0 aromatic heterocycles. The molecule has 1 amide bonds. The summed E-state index contributed by atoms with van der Waals surface area (Å²) in [6, 6.07) is 7.59. The average molecular weight is 294 g/mol. The van der Waals surface area contributed by atoms with Crippen LogP contribution in [0.2, 0.25) is 5.02 Å². The molecule has 0 unspecified atom stereocenters. The van der Waals surface area contributed by atoms with Gasteiger partial charge in [-0.15, -0.1) is 0 Å². The van der Waals surface area contributed by atoms with Gasteiger partial charge in [0.25, 0.3) is 5.91 Å². The summed E-state index contributed by atoms with van der Waals surface area (Å²) in [4.78, 5) is 14.8. The van der Waals surface area contributed by atoms with Crippen LogP contribution in [0.25, 0.3) is 0 Å². The highest BCUT2D eigenvalue weighted by molar-refractivity contribution is 6.30. The van der Waals surface area contributed by atoms with Gasteiger partial charge in [0.15, 0.2) is 0 Å². The number of nitrogens with zero attached hydrogens (tertiary/aromatic N) is 1.